The Kier molecular flexibility index (Phi) is 9.05. The number of nitrogens with zero attached hydrogens (tertiary/aromatic N) is 1. The Balaban J connectivity index is 0.00000280. The Labute approximate surface area is 190 Å². The third kappa shape index (κ3) is 5.84. The molecule has 1 aliphatic heterocycles. The molecule has 0 amide bonds. The SMILES string of the molecule is CN=C(NCc1ccccc1C)NCC1(c2cccc(Cl)c2)CCOCC1.I. The maximum atomic E-state index is 6.26. The van der Waals surface area contributed by atoms with Crippen LogP contribution in [0.2, 0.25) is 5.02 Å². The molecule has 1 aliphatic rings. The number of aliphatic imine (C=N–C) groups is 1. The summed E-state index contributed by atoms with van der Waals surface area (Å²) in [5.74, 6) is 0.811. The molecule has 0 unspecified atom stereocenters. The Morgan fingerprint density at radius 3 is 2.54 bits per heavy atom. The predicted molar refractivity (Wildman–Crippen MR) is 128 cm³/mol. The molecule has 0 spiro atoms. The van der Waals surface area contributed by atoms with Gasteiger partial charge in [-0.25, -0.2) is 0 Å². The molecule has 0 aliphatic carbocycles. The molecule has 0 atom stereocenters. The predicted octanol–water partition coefficient (Wildman–Crippen LogP) is 4.68. The first-order valence-electron chi connectivity index (χ1n) is 9.46. The highest BCUT2D eigenvalue weighted by Crippen LogP contribution is 2.35. The number of aryl methyl sites for hydroxylation is 1. The molecule has 2 aromatic rings. The van der Waals surface area contributed by atoms with Gasteiger partial charge in [0.05, 0.1) is 0 Å². The van der Waals surface area contributed by atoms with Crippen molar-refractivity contribution in [1.82, 2.24) is 10.6 Å². The normalized spacial score (nSPS) is 16.2. The van der Waals surface area contributed by atoms with Gasteiger partial charge in [0, 0.05) is 43.8 Å². The molecule has 6 heteroatoms. The summed E-state index contributed by atoms with van der Waals surface area (Å²) in [4.78, 5) is 4.40. The lowest BCUT2D eigenvalue weighted by molar-refractivity contribution is 0.0514. The highest BCUT2D eigenvalue weighted by Gasteiger charge is 2.34. The van der Waals surface area contributed by atoms with Gasteiger partial charge < -0.3 is 15.4 Å². The van der Waals surface area contributed by atoms with Crippen molar-refractivity contribution < 1.29 is 4.74 Å². The second-order valence-corrected chi connectivity index (χ2v) is 7.55. The Bertz CT molecular complexity index is 791. The quantitative estimate of drug-likeness (QED) is 0.347. The lowest BCUT2D eigenvalue weighted by Gasteiger charge is -2.38. The summed E-state index contributed by atoms with van der Waals surface area (Å²) in [5, 5.41) is 7.73. The summed E-state index contributed by atoms with van der Waals surface area (Å²) in [6, 6.07) is 16.6. The third-order valence-electron chi connectivity index (χ3n) is 5.41. The highest BCUT2D eigenvalue weighted by atomic mass is 127. The van der Waals surface area contributed by atoms with Gasteiger partial charge in [0.15, 0.2) is 5.96 Å². The minimum atomic E-state index is 0. The Morgan fingerprint density at radius 2 is 1.86 bits per heavy atom. The smallest absolute Gasteiger partial charge is 0.191 e. The van der Waals surface area contributed by atoms with Gasteiger partial charge in [-0.15, -0.1) is 24.0 Å². The van der Waals surface area contributed by atoms with Crippen molar-refractivity contribution in [1.29, 1.82) is 0 Å². The van der Waals surface area contributed by atoms with Crippen molar-refractivity contribution in [2.75, 3.05) is 26.8 Å². The van der Waals surface area contributed by atoms with Crippen LogP contribution in [0.4, 0.5) is 0 Å². The van der Waals surface area contributed by atoms with E-state index in [0.29, 0.717) is 0 Å². The number of hydrogen-bond acceptors (Lipinski definition) is 2. The number of benzene rings is 2. The van der Waals surface area contributed by atoms with Crippen molar-refractivity contribution in [2.45, 2.75) is 31.7 Å². The van der Waals surface area contributed by atoms with E-state index in [0.717, 1.165) is 50.1 Å². The lowest BCUT2D eigenvalue weighted by Crippen LogP contribution is -2.48. The molecule has 1 fully saturated rings. The zero-order chi connectivity index (χ0) is 19.1. The Hall–Kier alpha value is -1.31. The highest BCUT2D eigenvalue weighted by molar-refractivity contribution is 14.0. The van der Waals surface area contributed by atoms with Crippen LogP contribution >= 0.6 is 35.6 Å². The monoisotopic (exact) mass is 513 g/mol. The van der Waals surface area contributed by atoms with Gasteiger partial charge in [-0.2, -0.15) is 0 Å². The van der Waals surface area contributed by atoms with E-state index in [9.17, 15) is 0 Å². The van der Waals surface area contributed by atoms with E-state index >= 15 is 0 Å². The molecular weight excluding hydrogens is 485 g/mol. The first-order valence-corrected chi connectivity index (χ1v) is 9.84. The zero-order valence-corrected chi connectivity index (χ0v) is 19.6. The fourth-order valence-corrected chi connectivity index (χ4v) is 3.80. The molecule has 2 N–H and O–H groups in total. The molecule has 3 rings (SSSR count). The first kappa shape index (κ1) is 23.0. The van der Waals surface area contributed by atoms with Crippen molar-refractivity contribution in [3.8, 4) is 0 Å². The molecule has 28 heavy (non-hydrogen) atoms. The molecule has 1 saturated heterocycles. The van der Waals surface area contributed by atoms with Gasteiger partial charge in [-0.05, 0) is 48.6 Å². The third-order valence-corrected chi connectivity index (χ3v) is 5.65. The van der Waals surface area contributed by atoms with Gasteiger partial charge in [0.1, 0.15) is 0 Å². The number of ether oxygens (including phenoxy) is 1. The minimum absolute atomic E-state index is 0. The van der Waals surface area contributed by atoms with Crippen LogP contribution in [0.25, 0.3) is 0 Å². The molecule has 0 aromatic heterocycles. The molecule has 4 nitrogen and oxygen atoms in total. The van der Waals surface area contributed by atoms with Gasteiger partial charge in [0.25, 0.3) is 0 Å². The van der Waals surface area contributed by atoms with Crippen LogP contribution in [0.15, 0.2) is 53.5 Å². The van der Waals surface area contributed by atoms with E-state index < -0.39 is 0 Å². The first-order chi connectivity index (χ1) is 13.1. The molecule has 0 bridgehead atoms. The maximum absolute atomic E-state index is 6.26. The van der Waals surface area contributed by atoms with Crippen LogP contribution in [0.3, 0.4) is 0 Å². The summed E-state index contributed by atoms with van der Waals surface area (Å²) >= 11 is 6.26. The summed E-state index contributed by atoms with van der Waals surface area (Å²) in [6.45, 7) is 5.21. The van der Waals surface area contributed by atoms with Crippen LogP contribution in [-0.2, 0) is 16.7 Å². The van der Waals surface area contributed by atoms with Crippen molar-refractivity contribution in [2.24, 2.45) is 4.99 Å². The lowest BCUT2D eigenvalue weighted by atomic mass is 9.74. The topological polar surface area (TPSA) is 45.7 Å². The second-order valence-electron chi connectivity index (χ2n) is 7.11. The largest absolute Gasteiger partial charge is 0.381 e. The van der Waals surface area contributed by atoms with Crippen LogP contribution in [0.1, 0.15) is 29.5 Å². The summed E-state index contributed by atoms with van der Waals surface area (Å²) in [5.41, 5.74) is 3.82. The number of nitrogens with one attached hydrogen (secondary N) is 2. The van der Waals surface area contributed by atoms with Crippen molar-refractivity contribution in [3.63, 3.8) is 0 Å². The second kappa shape index (κ2) is 11.0. The average molecular weight is 514 g/mol. The number of guanidine groups is 1. The number of rotatable bonds is 5. The molecule has 2 aromatic carbocycles. The molecule has 1 heterocycles. The van der Waals surface area contributed by atoms with Gasteiger partial charge in [-0.1, -0.05) is 48.0 Å². The summed E-state index contributed by atoms with van der Waals surface area (Å²) in [6.07, 6.45) is 1.93. The van der Waals surface area contributed by atoms with Crippen molar-refractivity contribution in [3.05, 3.63) is 70.2 Å². The van der Waals surface area contributed by atoms with Crippen LogP contribution < -0.4 is 10.6 Å². The number of hydrogen-bond donors (Lipinski definition) is 2. The fraction of sp³-hybridized carbons (Fsp3) is 0.409. The zero-order valence-electron chi connectivity index (χ0n) is 16.5. The maximum Gasteiger partial charge on any atom is 0.191 e. The van der Waals surface area contributed by atoms with E-state index in [1.807, 2.05) is 19.2 Å². The minimum Gasteiger partial charge on any atom is -0.381 e. The standard InChI is InChI=1S/C22H28ClN3O.HI/c1-17-6-3-4-7-18(17)15-25-21(24-2)26-16-22(10-12-27-13-11-22)19-8-5-9-20(23)14-19;/h3-9,14H,10-13,15-16H2,1-2H3,(H2,24,25,26);1H. The van der Waals surface area contributed by atoms with E-state index in [1.54, 1.807) is 0 Å². The van der Waals surface area contributed by atoms with E-state index in [1.165, 1.54) is 16.7 Å². The van der Waals surface area contributed by atoms with Gasteiger partial charge in [-0.3, -0.25) is 4.99 Å². The van der Waals surface area contributed by atoms with Crippen LogP contribution in [-0.4, -0.2) is 32.8 Å². The van der Waals surface area contributed by atoms with E-state index in [4.69, 9.17) is 16.3 Å². The van der Waals surface area contributed by atoms with Crippen molar-refractivity contribution >= 4 is 41.5 Å². The van der Waals surface area contributed by atoms with Gasteiger partial charge in [0.2, 0.25) is 0 Å². The van der Waals surface area contributed by atoms with E-state index in [-0.39, 0.29) is 29.4 Å². The van der Waals surface area contributed by atoms with Gasteiger partial charge >= 0.3 is 0 Å². The molecular formula is C22H29ClIN3O. The van der Waals surface area contributed by atoms with Crippen LogP contribution in [0.5, 0.6) is 0 Å². The fourth-order valence-electron chi connectivity index (χ4n) is 3.61. The summed E-state index contributed by atoms with van der Waals surface area (Å²) < 4.78 is 5.62. The summed E-state index contributed by atoms with van der Waals surface area (Å²) in [7, 11) is 1.81. The molecule has 0 radical (unpaired) electrons. The average Bonchev–Trinajstić information content (AvgIpc) is 2.70. The number of halogens is 2. The van der Waals surface area contributed by atoms with E-state index in [2.05, 4.69) is 58.9 Å². The molecule has 152 valence electrons. The Morgan fingerprint density at radius 1 is 1.11 bits per heavy atom. The van der Waals surface area contributed by atoms with Crippen LogP contribution in [0, 0.1) is 6.92 Å². The molecule has 0 saturated carbocycles.